The van der Waals surface area contributed by atoms with Crippen molar-refractivity contribution in [2.24, 2.45) is 0 Å². The number of esters is 1. The smallest absolute Gasteiger partial charge is 0.339 e. The Morgan fingerprint density at radius 1 is 1.48 bits per heavy atom. The zero-order valence-electron chi connectivity index (χ0n) is 11.6. The van der Waals surface area contributed by atoms with Crippen LogP contribution in [0.5, 0.6) is 0 Å². The molecular weight excluding hydrogens is 318 g/mol. The molecule has 0 spiro atoms. The molecule has 116 valence electrons. The molecule has 2 atom stereocenters. The van der Waals surface area contributed by atoms with Crippen LogP contribution in [0.1, 0.15) is 35.4 Å². The number of pyridine rings is 1. The largest absolute Gasteiger partial charge is 0.465 e. The average Bonchev–Trinajstić information content (AvgIpc) is 2.45. The Bertz CT molecular complexity index is 525. The normalized spacial score (nSPS) is 13.6. The Hall–Kier alpha value is -1.15. The minimum atomic E-state index is -1.30. The van der Waals surface area contributed by atoms with E-state index in [0.29, 0.717) is 5.75 Å². The molecule has 21 heavy (non-hydrogen) atoms. The van der Waals surface area contributed by atoms with Gasteiger partial charge in [0, 0.05) is 24.4 Å². The van der Waals surface area contributed by atoms with E-state index >= 15 is 0 Å². The lowest BCUT2D eigenvalue weighted by molar-refractivity contribution is -0.109. The van der Waals surface area contributed by atoms with Crippen molar-refractivity contribution in [1.29, 1.82) is 0 Å². The number of hydrogen-bond donors (Lipinski definition) is 2. The molecule has 0 radical (unpaired) electrons. The van der Waals surface area contributed by atoms with Crippen LogP contribution < -0.4 is 0 Å². The highest BCUT2D eigenvalue weighted by atomic mass is 35.5. The van der Waals surface area contributed by atoms with Crippen LogP contribution in [0.15, 0.2) is 12.3 Å². The molecule has 0 aliphatic carbocycles. The lowest BCUT2D eigenvalue weighted by atomic mass is 10.0. The Morgan fingerprint density at radius 3 is 2.71 bits per heavy atom. The van der Waals surface area contributed by atoms with E-state index < -0.39 is 18.2 Å². The summed E-state index contributed by atoms with van der Waals surface area (Å²) in [5, 5.41) is 19.9. The first-order valence-electron chi connectivity index (χ1n) is 6.10. The van der Waals surface area contributed by atoms with Gasteiger partial charge in [-0.05, 0) is 12.5 Å². The van der Waals surface area contributed by atoms with E-state index in [4.69, 9.17) is 11.6 Å². The number of methoxy groups -OCH3 is 1. The first-order chi connectivity index (χ1) is 9.86. The van der Waals surface area contributed by atoms with Gasteiger partial charge < -0.3 is 14.9 Å². The number of halogens is 1. The molecule has 0 saturated carbocycles. The van der Waals surface area contributed by atoms with E-state index in [2.05, 4.69) is 9.72 Å². The molecular formula is C13H16ClNO5S. The number of hydrogen-bond acceptors (Lipinski definition) is 7. The van der Waals surface area contributed by atoms with Crippen LogP contribution in [0, 0.1) is 0 Å². The van der Waals surface area contributed by atoms with Crippen LogP contribution in [0.25, 0.3) is 0 Å². The zero-order valence-corrected chi connectivity index (χ0v) is 13.1. The molecule has 1 aromatic rings. The van der Waals surface area contributed by atoms with Gasteiger partial charge in [0.15, 0.2) is 5.12 Å². The Morgan fingerprint density at radius 2 is 2.14 bits per heavy atom. The second kappa shape index (κ2) is 8.33. The van der Waals surface area contributed by atoms with Crippen LogP contribution in [0.2, 0.25) is 5.15 Å². The summed E-state index contributed by atoms with van der Waals surface area (Å²) in [7, 11) is 1.22. The van der Waals surface area contributed by atoms with Crippen molar-refractivity contribution < 1.29 is 24.5 Å². The summed E-state index contributed by atoms with van der Waals surface area (Å²) in [6.45, 7) is 1.42. The fourth-order valence-corrected chi connectivity index (χ4v) is 2.45. The van der Waals surface area contributed by atoms with E-state index in [1.54, 1.807) is 0 Å². The average molecular weight is 334 g/mol. The van der Waals surface area contributed by atoms with Gasteiger partial charge in [-0.15, -0.1) is 0 Å². The number of carbonyl (C=O) groups excluding carboxylic acids is 2. The second-order valence-electron chi connectivity index (χ2n) is 4.24. The highest BCUT2D eigenvalue weighted by Gasteiger charge is 2.23. The topological polar surface area (TPSA) is 96.7 Å². The minimum absolute atomic E-state index is 0.00609. The van der Waals surface area contributed by atoms with E-state index in [1.807, 2.05) is 0 Å². The number of thioether (sulfide) groups is 1. The summed E-state index contributed by atoms with van der Waals surface area (Å²) in [6.07, 6.45) is -1.00. The highest BCUT2D eigenvalue weighted by Crippen LogP contribution is 2.26. The number of aliphatic hydroxyl groups is 2. The van der Waals surface area contributed by atoms with Gasteiger partial charge in [-0.3, -0.25) is 4.79 Å². The van der Waals surface area contributed by atoms with Gasteiger partial charge in [-0.1, -0.05) is 23.4 Å². The predicted molar refractivity (Wildman–Crippen MR) is 79.3 cm³/mol. The van der Waals surface area contributed by atoms with Crippen LogP contribution in [0.4, 0.5) is 0 Å². The monoisotopic (exact) mass is 333 g/mol. The van der Waals surface area contributed by atoms with Crippen LogP contribution in [0.3, 0.4) is 0 Å². The van der Waals surface area contributed by atoms with Crippen molar-refractivity contribution in [1.82, 2.24) is 4.98 Å². The van der Waals surface area contributed by atoms with Gasteiger partial charge in [0.2, 0.25) is 0 Å². The van der Waals surface area contributed by atoms with E-state index in [-0.39, 0.29) is 27.8 Å². The Kier molecular flexibility index (Phi) is 7.10. The van der Waals surface area contributed by atoms with Gasteiger partial charge in [0.1, 0.15) is 11.3 Å². The van der Waals surface area contributed by atoms with Crippen LogP contribution in [-0.2, 0) is 9.53 Å². The lowest BCUT2D eigenvalue weighted by Gasteiger charge is -2.19. The Balaban J connectivity index is 2.82. The lowest BCUT2D eigenvalue weighted by Crippen LogP contribution is -2.20. The van der Waals surface area contributed by atoms with E-state index in [0.717, 1.165) is 11.8 Å². The van der Waals surface area contributed by atoms with Crippen molar-refractivity contribution in [2.75, 3.05) is 12.9 Å². The summed E-state index contributed by atoms with van der Waals surface area (Å²) in [5.74, 6) is -0.246. The zero-order chi connectivity index (χ0) is 16.0. The molecule has 8 heteroatoms. The first-order valence-corrected chi connectivity index (χ1v) is 7.46. The van der Waals surface area contributed by atoms with Gasteiger partial charge in [0.05, 0.1) is 18.8 Å². The third-order valence-corrected chi connectivity index (χ3v) is 3.85. The molecule has 0 amide bonds. The van der Waals surface area contributed by atoms with Crippen LogP contribution >= 0.6 is 23.4 Å². The quantitative estimate of drug-likeness (QED) is 0.602. The van der Waals surface area contributed by atoms with Crippen molar-refractivity contribution in [3.05, 3.63) is 28.5 Å². The van der Waals surface area contributed by atoms with Gasteiger partial charge >= 0.3 is 5.97 Å². The highest BCUT2D eigenvalue weighted by molar-refractivity contribution is 8.13. The summed E-state index contributed by atoms with van der Waals surface area (Å²) in [6, 6.07) is 1.33. The van der Waals surface area contributed by atoms with Gasteiger partial charge in [-0.25, -0.2) is 9.78 Å². The predicted octanol–water partition coefficient (Wildman–Crippen LogP) is 1.59. The summed E-state index contributed by atoms with van der Waals surface area (Å²) < 4.78 is 4.56. The number of nitrogens with zero attached hydrogens (tertiary/aromatic N) is 1. The number of carbonyl (C=O) groups is 2. The number of rotatable bonds is 6. The first kappa shape index (κ1) is 17.9. The maximum Gasteiger partial charge on any atom is 0.339 e. The number of aliphatic hydroxyl groups excluding tert-OH is 2. The molecule has 0 saturated heterocycles. The molecule has 1 heterocycles. The maximum absolute atomic E-state index is 11.4. The fraction of sp³-hybridized carbons (Fsp3) is 0.462. The molecule has 2 unspecified atom stereocenters. The van der Waals surface area contributed by atoms with Crippen molar-refractivity contribution in [2.45, 2.75) is 25.6 Å². The second-order valence-corrected chi connectivity index (χ2v) is 5.87. The van der Waals surface area contributed by atoms with Crippen LogP contribution in [-0.4, -0.2) is 45.2 Å². The van der Waals surface area contributed by atoms with Gasteiger partial charge in [0.25, 0.3) is 0 Å². The fourth-order valence-electron chi connectivity index (χ4n) is 1.59. The molecule has 2 N–H and O–H groups in total. The Labute approximate surface area is 131 Å². The van der Waals surface area contributed by atoms with Gasteiger partial charge in [-0.2, -0.15) is 0 Å². The molecule has 0 bridgehead atoms. The third-order valence-electron chi connectivity index (χ3n) is 2.69. The molecule has 1 aromatic heterocycles. The number of ether oxygens (including phenoxy) is 1. The summed E-state index contributed by atoms with van der Waals surface area (Å²) >= 11 is 6.93. The van der Waals surface area contributed by atoms with Crippen molar-refractivity contribution >= 4 is 34.4 Å². The van der Waals surface area contributed by atoms with Crippen molar-refractivity contribution in [3.8, 4) is 0 Å². The summed E-state index contributed by atoms with van der Waals surface area (Å²) in [4.78, 5) is 26.0. The van der Waals surface area contributed by atoms with E-state index in [9.17, 15) is 19.8 Å². The maximum atomic E-state index is 11.4. The summed E-state index contributed by atoms with van der Waals surface area (Å²) in [5.41, 5.74) is 0.265. The molecule has 0 aliphatic heterocycles. The third kappa shape index (κ3) is 5.28. The molecule has 6 nitrogen and oxygen atoms in total. The molecule has 0 fully saturated rings. The standard InChI is InChI=1S/C13H16ClNO5S/c1-7(16)21-4-3-10(17)11(18)9-5-8(13(19)20-2)6-15-12(9)14/h5-6,10-11,17-18H,3-4H2,1-2H3. The molecule has 0 aliphatic rings. The SMILES string of the molecule is COC(=O)c1cnc(Cl)c(C(O)C(O)CCSC(C)=O)c1. The minimum Gasteiger partial charge on any atom is -0.465 e. The molecule has 1 rings (SSSR count). The van der Waals surface area contributed by atoms with Crippen molar-refractivity contribution in [3.63, 3.8) is 0 Å². The molecule has 0 aromatic carbocycles. The number of aromatic nitrogens is 1. The van der Waals surface area contributed by atoms with E-state index in [1.165, 1.54) is 26.3 Å².